The fraction of sp³-hybridized carbons (Fsp3) is 0.600. The van der Waals surface area contributed by atoms with Crippen LogP contribution in [0.5, 0.6) is 11.5 Å². The van der Waals surface area contributed by atoms with Crippen LogP contribution >= 0.6 is 0 Å². The maximum atomic E-state index is 10.5. The lowest BCUT2D eigenvalue weighted by molar-refractivity contribution is 0.0518. The van der Waals surface area contributed by atoms with Crippen molar-refractivity contribution in [1.82, 2.24) is 4.90 Å². The van der Waals surface area contributed by atoms with Crippen molar-refractivity contribution >= 4 is 6.08 Å². The van der Waals surface area contributed by atoms with E-state index in [2.05, 4.69) is 37.2 Å². The molecule has 1 saturated carbocycles. The lowest BCUT2D eigenvalue weighted by Gasteiger charge is -2.49. The van der Waals surface area contributed by atoms with E-state index in [1.54, 1.807) is 14.2 Å². The number of ether oxygens (including phenoxy) is 2. The van der Waals surface area contributed by atoms with Crippen molar-refractivity contribution in [3.8, 4) is 11.5 Å². The van der Waals surface area contributed by atoms with Crippen molar-refractivity contribution in [2.24, 2.45) is 5.92 Å². The first kappa shape index (κ1) is 17.3. The number of allylic oxidation sites excluding steroid dienone is 1. The summed E-state index contributed by atoms with van der Waals surface area (Å²) < 4.78 is 11.4. The van der Waals surface area contributed by atoms with Gasteiger partial charge in [-0.15, -0.1) is 0 Å². The Kier molecular flexibility index (Phi) is 4.88. The second-order valence-electron chi connectivity index (χ2n) is 7.38. The van der Waals surface area contributed by atoms with Crippen LogP contribution in [-0.2, 0) is 5.41 Å². The summed E-state index contributed by atoms with van der Waals surface area (Å²) in [6, 6.07) is 4.09. The molecule has 0 amide bonds. The highest BCUT2D eigenvalue weighted by molar-refractivity contribution is 5.68. The molecule has 24 heavy (non-hydrogen) atoms. The molecule has 3 atom stereocenters. The SMILES string of the molecule is COc1ccc2c(c1OC)[C@@]1(CCN(C)C)C[C@@H](O)CC[C@@H]1C=C2. The van der Waals surface area contributed by atoms with Gasteiger partial charge in [0, 0.05) is 11.0 Å². The molecule has 0 aliphatic heterocycles. The van der Waals surface area contributed by atoms with Gasteiger partial charge in [0.15, 0.2) is 11.5 Å². The number of aliphatic hydroxyl groups excluding tert-OH is 1. The van der Waals surface area contributed by atoms with E-state index >= 15 is 0 Å². The molecule has 0 bridgehead atoms. The Balaban J connectivity index is 2.17. The Bertz CT molecular complexity index is 626. The van der Waals surface area contributed by atoms with E-state index in [1.807, 2.05) is 6.07 Å². The van der Waals surface area contributed by atoms with E-state index < -0.39 is 0 Å². The summed E-state index contributed by atoms with van der Waals surface area (Å²) in [6.07, 6.45) is 7.99. The molecule has 1 aromatic carbocycles. The fourth-order valence-corrected chi connectivity index (χ4v) is 4.54. The zero-order chi connectivity index (χ0) is 17.3. The molecule has 3 rings (SSSR count). The third kappa shape index (κ3) is 2.82. The van der Waals surface area contributed by atoms with Crippen LogP contribution in [0.15, 0.2) is 18.2 Å². The first-order valence-electron chi connectivity index (χ1n) is 8.78. The van der Waals surface area contributed by atoms with E-state index in [0.29, 0.717) is 5.92 Å². The first-order chi connectivity index (χ1) is 11.5. The summed E-state index contributed by atoms with van der Waals surface area (Å²) in [5.74, 6) is 2.04. The second-order valence-corrected chi connectivity index (χ2v) is 7.38. The van der Waals surface area contributed by atoms with E-state index in [1.165, 1.54) is 11.1 Å². The number of benzene rings is 1. The van der Waals surface area contributed by atoms with Crippen LogP contribution in [0.3, 0.4) is 0 Å². The Morgan fingerprint density at radius 2 is 2.00 bits per heavy atom. The summed E-state index contributed by atoms with van der Waals surface area (Å²) in [5, 5.41) is 10.5. The fourth-order valence-electron chi connectivity index (χ4n) is 4.54. The average molecular weight is 331 g/mol. The molecule has 4 heteroatoms. The van der Waals surface area contributed by atoms with Gasteiger partial charge in [0.05, 0.1) is 20.3 Å². The number of rotatable bonds is 5. The van der Waals surface area contributed by atoms with Crippen LogP contribution in [0.25, 0.3) is 6.08 Å². The third-order valence-corrected chi connectivity index (χ3v) is 5.71. The largest absolute Gasteiger partial charge is 0.493 e. The van der Waals surface area contributed by atoms with Crippen molar-refractivity contribution in [2.45, 2.75) is 37.2 Å². The van der Waals surface area contributed by atoms with Gasteiger partial charge in [0.25, 0.3) is 0 Å². The van der Waals surface area contributed by atoms with E-state index in [9.17, 15) is 5.11 Å². The molecule has 0 saturated heterocycles. The Hall–Kier alpha value is -1.52. The third-order valence-electron chi connectivity index (χ3n) is 5.71. The van der Waals surface area contributed by atoms with E-state index in [-0.39, 0.29) is 11.5 Å². The maximum absolute atomic E-state index is 10.5. The van der Waals surface area contributed by atoms with Gasteiger partial charge in [-0.3, -0.25) is 0 Å². The van der Waals surface area contributed by atoms with Gasteiger partial charge in [-0.25, -0.2) is 0 Å². The topological polar surface area (TPSA) is 41.9 Å². The number of aliphatic hydroxyl groups is 1. The Labute approximate surface area is 145 Å². The van der Waals surface area contributed by atoms with Gasteiger partial charge in [-0.05, 0) is 63.9 Å². The predicted molar refractivity (Wildman–Crippen MR) is 96.8 cm³/mol. The summed E-state index contributed by atoms with van der Waals surface area (Å²) >= 11 is 0. The van der Waals surface area contributed by atoms with Gasteiger partial charge in [0.1, 0.15) is 0 Å². The molecule has 0 radical (unpaired) electrons. The standard InChI is InChI=1S/C20H29NO3/c1-21(2)12-11-20-13-16(22)9-8-15(20)7-5-14-6-10-17(23-3)19(24-4)18(14)20/h5-7,10,15-16,22H,8-9,11-13H2,1-4H3/t15-,16-,20-/m0/s1. The average Bonchev–Trinajstić information content (AvgIpc) is 2.58. The van der Waals surface area contributed by atoms with Crippen LogP contribution < -0.4 is 9.47 Å². The molecule has 1 fully saturated rings. The highest BCUT2D eigenvalue weighted by Crippen LogP contribution is 2.55. The minimum atomic E-state index is -0.251. The number of hydrogen-bond donors (Lipinski definition) is 1. The van der Waals surface area contributed by atoms with Crippen LogP contribution in [0.4, 0.5) is 0 Å². The zero-order valence-corrected chi connectivity index (χ0v) is 15.2. The Morgan fingerprint density at radius 1 is 1.21 bits per heavy atom. The second kappa shape index (κ2) is 6.77. The van der Waals surface area contributed by atoms with Crippen LogP contribution in [0.2, 0.25) is 0 Å². The summed E-state index contributed by atoms with van der Waals surface area (Å²) in [6.45, 7) is 0.983. The maximum Gasteiger partial charge on any atom is 0.165 e. The number of methoxy groups -OCH3 is 2. The highest BCUT2D eigenvalue weighted by atomic mass is 16.5. The molecule has 2 aliphatic rings. The van der Waals surface area contributed by atoms with Crippen LogP contribution in [0.1, 0.15) is 36.8 Å². The normalized spacial score (nSPS) is 28.4. The molecule has 132 valence electrons. The summed E-state index contributed by atoms with van der Waals surface area (Å²) in [5.41, 5.74) is 2.32. The van der Waals surface area contributed by atoms with Crippen molar-refractivity contribution in [1.29, 1.82) is 0 Å². The molecule has 0 spiro atoms. The van der Waals surface area contributed by atoms with Crippen molar-refractivity contribution in [3.63, 3.8) is 0 Å². The molecular weight excluding hydrogens is 302 g/mol. The van der Waals surface area contributed by atoms with Gasteiger partial charge >= 0.3 is 0 Å². The highest BCUT2D eigenvalue weighted by Gasteiger charge is 2.48. The molecule has 4 nitrogen and oxygen atoms in total. The molecule has 0 aromatic heterocycles. The first-order valence-corrected chi connectivity index (χ1v) is 8.78. The van der Waals surface area contributed by atoms with Gasteiger partial charge in [0.2, 0.25) is 0 Å². The quantitative estimate of drug-likeness (QED) is 0.900. The molecular formula is C20H29NO3. The van der Waals surface area contributed by atoms with Crippen molar-refractivity contribution in [3.05, 3.63) is 29.3 Å². The zero-order valence-electron chi connectivity index (χ0n) is 15.2. The smallest absolute Gasteiger partial charge is 0.165 e. The molecule has 1 N–H and O–H groups in total. The number of fused-ring (bicyclic) bond motifs is 3. The van der Waals surface area contributed by atoms with Crippen LogP contribution in [0, 0.1) is 5.92 Å². The molecule has 0 heterocycles. The lowest BCUT2D eigenvalue weighted by Crippen LogP contribution is -2.45. The van der Waals surface area contributed by atoms with Gasteiger partial charge < -0.3 is 19.5 Å². The molecule has 2 aliphatic carbocycles. The number of nitrogens with zero attached hydrogens (tertiary/aromatic N) is 1. The molecule has 0 unspecified atom stereocenters. The summed E-state index contributed by atoms with van der Waals surface area (Å²) in [7, 11) is 7.60. The minimum Gasteiger partial charge on any atom is -0.493 e. The number of hydrogen-bond acceptors (Lipinski definition) is 4. The Morgan fingerprint density at radius 3 is 2.67 bits per heavy atom. The minimum absolute atomic E-state index is 0.0914. The van der Waals surface area contributed by atoms with Crippen molar-refractivity contribution in [2.75, 3.05) is 34.9 Å². The monoisotopic (exact) mass is 331 g/mol. The van der Waals surface area contributed by atoms with E-state index in [0.717, 1.165) is 43.7 Å². The van der Waals surface area contributed by atoms with Gasteiger partial charge in [-0.1, -0.05) is 18.2 Å². The van der Waals surface area contributed by atoms with Gasteiger partial charge in [-0.2, -0.15) is 0 Å². The summed E-state index contributed by atoms with van der Waals surface area (Å²) in [4.78, 5) is 2.22. The molecule has 1 aromatic rings. The predicted octanol–water partition coefficient (Wildman–Crippen LogP) is 3.08. The van der Waals surface area contributed by atoms with Crippen LogP contribution in [-0.4, -0.2) is 51.0 Å². The van der Waals surface area contributed by atoms with Crippen molar-refractivity contribution < 1.29 is 14.6 Å². The van der Waals surface area contributed by atoms with E-state index in [4.69, 9.17) is 9.47 Å². The lowest BCUT2D eigenvalue weighted by atomic mass is 9.57.